The first-order valence-electron chi connectivity index (χ1n) is 8.98. The molecule has 146 valence electrons. The van der Waals surface area contributed by atoms with Gasteiger partial charge in [-0.1, -0.05) is 48.2 Å². The predicted molar refractivity (Wildman–Crippen MR) is 112 cm³/mol. The summed E-state index contributed by atoms with van der Waals surface area (Å²) in [5.74, 6) is 0.387. The van der Waals surface area contributed by atoms with Gasteiger partial charge in [0.2, 0.25) is 0 Å². The predicted octanol–water partition coefficient (Wildman–Crippen LogP) is 2.76. The zero-order valence-electron chi connectivity index (χ0n) is 15.3. The van der Waals surface area contributed by atoms with Crippen molar-refractivity contribution in [3.05, 3.63) is 60.7 Å². The lowest BCUT2D eigenvalue weighted by Gasteiger charge is -2.24. The normalized spacial score (nSPS) is 25.5. The lowest BCUT2D eigenvalue weighted by atomic mass is 10.2. The van der Waals surface area contributed by atoms with Crippen LogP contribution < -0.4 is 9.64 Å². The SMILES string of the molecule is C[C@H](Oc1ccccc1)C(=O)N=C1S[C@H]2CS(=O)(=O)C[C@@H]2N1c1ccccc1. The van der Waals surface area contributed by atoms with E-state index in [4.69, 9.17) is 4.74 Å². The van der Waals surface area contributed by atoms with Crippen molar-refractivity contribution in [3.8, 4) is 5.75 Å². The number of sulfone groups is 1. The number of amidine groups is 1. The zero-order chi connectivity index (χ0) is 19.7. The number of para-hydroxylation sites is 2. The second kappa shape index (κ2) is 7.60. The topological polar surface area (TPSA) is 76.0 Å². The van der Waals surface area contributed by atoms with E-state index in [1.807, 2.05) is 53.4 Å². The molecular formula is C20H20N2O4S2. The van der Waals surface area contributed by atoms with Crippen LogP contribution in [0.15, 0.2) is 65.7 Å². The zero-order valence-corrected chi connectivity index (χ0v) is 16.9. The minimum atomic E-state index is -3.08. The Morgan fingerprint density at radius 2 is 1.75 bits per heavy atom. The number of thioether (sulfide) groups is 1. The van der Waals surface area contributed by atoms with E-state index in [-0.39, 0.29) is 22.8 Å². The third kappa shape index (κ3) is 3.93. The molecule has 4 rings (SSSR count). The number of carbonyl (C=O) groups is 1. The third-order valence-electron chi connectivity index (χ3n) is 4.71. The third-order valence-corrected chi connectivity index (χ3v) is 7.92. The van der Waals surface area contributed by atoms with E-state index in [2.05, 4.69) is 4.99 Å². The van der Waals surface area contributed by atoms with Crippen LogP contribution in [0, 0.1) is 0 Å². The van der Waals surface area contributed by atoms with Crippen LogP contribution in [0.5, 0.6) is 5.75 Å². The van der Waals surface area contributed by atoms with E-state index in [1.165, 1.54) is 11.8 Å². The molecule has 2 aromatic carbocycles. The molecule has 0 N–H and O–H groups in total. The standard InChI is InChI=1S/C20H20N2O4S2/c1-14(26-16-10-6-3-7-11-16)19(23)21-20-22(15-8-4-2-5-9-15)17-12-28(24,25)13-18(17)27-20/h2-11,14,17-18H,12-13H2,1H3/t14-,17-,18-/m0/s1. The molecule has 0 spiro atoms. The van der Waals surface area contributed by atoms with Gasteiger partial charge >= 0.3 is 0 Å². The highest BCUT2D eigenvalue weighted by Gasteiger charge is 2.49. The van der Waals surface area contributed by atoms with E-state index >= 15 is 0 Å². The van der Waals surface area contributed by atoms with Gasteiger partial charge in [-0.3, -0.25) is 4.79 Å². The summed E-state index contributed by atoms with van der Waals surface area (Å²) in [5.41, 5.74) is 0.836. The maximum absolute atomic E-state index is 12.7. The molecule has 8 heteroatoms. The maximum atomic E-state index is 12.7. The van der Waals surface area contributed by atoms with Crippen molar-refractivity contribution >= 4 is 38.4 Å². The molecule has 2 heterocycles. The molecule has 6 nitrogen and oxygen atoms in total. The number of carbonyl (C=O) groups excluding carboxylic acids is 1. The van der Waals surface area contributed by atoms with Crippen LogP contribution in [0.4, 0.5) is 5.69 Å². The number of hydrogen-bond acceptors (Lipinski definition) is 5. The summed E-state index contributed by atoms with van der Waals surface area (Å²) in [5, 5.41) is 0.409. The van der Waals surface area contributed by atoms with Crippen LogP contribution in [-0.4, -0.2) is 48.4 Å². The molecule has 2 aliphatic heterocycles. The number of ether oxygens (including phenoxy) is 1. The minimum absolute atomic E-state index is 0.0723. The number of benzene rings is 2. The molecule has 2 saturated heterocycles. The minimum Gasteiger partial charge on any atom is -0.481 e. The van der Waals surface area contributed by atoms with Crippen molar-refractivity contribution in [2.45, 2.75) is 24.3 Å². The smallest absolute Gasteiger partial charge is 0.288 e. The van der Waals surface area contributed by atoms with Crippen molar-refractivity contribution in [2.24, 2.45) is 4.99 Å². The van der Waals surface area contributed by atoms with Gasteiger partial charge in [-0.25, -0.2) is 8.42 Å². The van der Waals surface area contributed by atoms with E-state index in [0.717, 1.165) is 5.69 Å². The van der Waals surface area contributed by atoms with Crippen molar-refractivity contribution in [2.75, 3.05) is 16.4 Å². The quantitative estimate of drug-likeness (QED) is 0.763. The summed E-state index contributed by atoms with van der Waals surface area (Å²) >= 11 is 1.36. The number of hydrogen-bond donors (Lipinski definition) is 0. The van der Waals surface area contributed by atoms with Crippen molar-refractivity contribution < 1.29 is 17.9 Å². The molecule has 0 saturated carbocycles. The van der Waals surface area contributed by atoms with Gasteiger partial charge in [0.1, 0.15) is 5.75 Å². The molecule has 0 bridgehead atoms. The van der Waals surface area contributed by atoms with Gasteiger partial charge in [0.05, 0.1) is 17.5 Å². The molecule has 0 unspecified atom stereocenters. The van der Waals surface area contributed by atoms with Gasteiger partial charge in [-0.15, -0.1) is 0 Å². The van der Waals surface area contributed by atoms with Gasteiger partial charge in [0, 0.05) is 10.9 Å². The van der Waals surface area contributed by atoms with E-state index < -0.39 is 21.8 Å². The fourth-order valence-corrected chi connectivity index (χ4v) is 7.31. The Kier molecular flexibility index (Phi) is 5.16. The summed E-state index contributed by atoms with van der Waals surface area (Å²) in [6.07, 6.45) is -0.739. The van der Waals surface area contributed by atoms with Crippen LogP contribution in [0.25, 0.3) is 0 Å². The number of nitrogens with zero attached hydrogens (tertiary/aromatic N) is 2. The lowest BCUT2D eigenvalue weighted by molar-refractivity contribution is -0.123. The second-order valence-corrected chi connectivity index (χ2v) is 10.2. The van der Waals surface area contributed by atoms with Crippen molar-refractivity contribution in [1.29, 1.82) is 0 Å². The molecule has 2 fully saturated rings. The molecule has 0 aromatic heterocycles. The number of fused-ring (bicyclic) bond motifs is 1. The average Bonchev–Trinajstić information content (AvgIpc) is 3.13. The van der Waals surface area contributed by atoms with Crippen LogP contribution in [0.1, 0.15) is 6.92 Å². The largest absolute Gasteiger partial charge is 0.481 e. The Labute approximate surface area is 168 Å². The molecule has 0 aliphatic carbocycles. The highest BCUT2D eigenvalue weighted by molar-refractivity contribution is 8.16. The Balaban J connectivity index is 1.59. The van der Waals surface area contributed by atoms with Crippen LogP contribution in [0.2, 0.25) is 0 Å². The summed E-state index contributed by atoms with van der Waals surface area (Å²) < 4.78 is 29.9. The Morgan fingerprint density at radius 1 is 1.11 bits per heavy atom. The fraction of sp³-hybridized carbons (Fsp3) is 0.300. The summed E-state index contributed by atoms with van der Waals surface area (Å²) in [6.45, 7) is 1.66. The van der Waals surface area contributed by atoms with E-state index in [1.54, 1.807) is 19.1 Å². The van der Waals surface area contributed by atoms with Gasteiger partial charge in [-0.05, 0) is 31.2 Å². The van der Waals surface area contributed by atoms with Gasteiger partial charge < -0.3 is 9.64 Å². The Bertz CT molecular complexity index is 993. The Hall–Kier alpha value is -2.32. The maximum Gasteiger partial charge on any atom is 0.288 e. The lowest BCUT2D eigenvalue weighted by Crippen LogP contribution is -2.38. The van der Waals surface area contributed by atoms with E-state index in [0.29, 0.717) is 10.9 Å². The first kappa shape index (κ1) is 19.0. The number of aliphatic imine (C=N–C) groups is 1. The molecule has 2 aliphatic rings. The van der Waals surface area contributed by atoms with E-state index in [9.17, 15) is 13.2 Å². The van der Waals surface area contributed by atoms with Crippen LogP contribution in [0.3, 0.4) is 0 Å². The van der Waals surface area contributed by atoms with Crippen molar-refractivity contribution in [3.63, 3.8) is 0 Å². The molecular weight excluding hydrogens is 396 g/mol. The van der Waals surface area contributed by atoms with Gasteiger partial charge in [0.25, 0.3) is 5.91 Å². The molecule has 2 aromatic rings. The highest BCUT2D eigenvalue weighted by atomic mass is 32.2. The number of amides is 1. The highest BCUT2D eigenvalue weighted by Crippen LogP contribution is 2.40. The summed E-state index contributed by atoms with van der Waals surface area (Å²) in [7, 11) is -3.08. The fourth-order valence-electron chi connectivity index (χ4n) is 3.39. The van der Waals surface area contributed by atoms with Crippen LogP contribution >= 0.6 is 11.8 Å². The van der Waals surface area contributed by atoms with Gasteiger partial charge in [0.15, 0.2) is 21.1 Å². The number of anilines is 1. The average molecular weight is 417 g/mol. The molecule has 28 heavy (non-hydrogen) atoms. The molecule has 0 radical (unpaired) electrons. The first-order chi connectivity index (χ1) is 13.4. The van der Waals surface area contributed by atoms with Gasteiger partial charge in [-0.2, -0.15) is 4.99 Å². The van der Waals surface area contributed by atoms with Crippen molar-refractivity contribution in [1.82, 2.24) is 0 Å². The molecule has 3 atom stereocenters. The second-order valence-electron chi connectivity index (χ2n) is 6.81. The monoisotopic (exact) mass is 416 g/mol. The first-order valence-corrected chi connectivity index (χ1v) is 11.7. The summed E-state index contributed by atoms with van der Waals surface area (Å²) in [4.78, 5) is 18.8. The van der Waals surface area contributed by atoms with Crippen LogP contribution in [-0.2, 0) is 14.6 Å². The Morgan fingerprint density at radius 3 is 2.43 bits per heavy atom. The summed E-state index contributed by atoms with van der Waals surface area (Å²) in [6, 6.07) is 18.4. The molecule has 1 amide bonds. The number of rotatable bonds is 4.